The van der Waals surface area contributed by atoms with Gasteiger partial charge in [-0.15, -0.1) is 0 Å². The predicted octanol–water partition coefficient (Wildman–Crippen LogP) is 3.43. The van der Waals surface area contributed by atoms with Crippen LogP contribution in [0.4, 0.5) is 17.2 Å². The number of aryl methyl sites for hydroxylation is 1. The lowest BCUT2D eigenvalue weighted by molar-refractivity contribution is -0.117. The molecular weight excluding hydrogens is 408 g/mol. The van der Waals surface area contributed by atoms with Gasteiger partial charge >= 0.3 is 0 Å². The molecule has 0 unspecified atom stereocenters. The first kappa shape index (κ1) is 21.4. The number of rotatable bonds is 8. The van der Waals surface area contributed by atoms with Crippen LogP contribution in [0.1, 0.15) is 30.1 Å². The molecule has 0 aliphatic heterocycles. The summed E-state index contributed by atoms with van der Waals surface area (Å²) in [6, 6.07) is 9.32. The molecule has 0 bridgehead atoms. The van der Waals surface area contributed by atoms with Crippen molar-refractivity contribution in [1.29, 1.82) is 0 Å². The lowest BCUT2D eigenvalue weighted by atomic mass is 10.1. The highest BCUT2D eigenvalue weighted by molar-refractivity contribution is 6.01. The van der Waals surface area contributed by atoms with E-state index in [0.29, 0.717) is 28.5 Å². The minimum Gasteiger partial charge on any atom is -0.494 e. The van der Waals surface area contributed by atoms with Gasteiger partial charge in [0.15, 0.2) is 5.75 Å². The number of nitrogens with zero attached hydrogens (tertiary/aromatic N) is 3. The number of pyridine rings is 1. The number of carbonyl (C=O) groups is 2. The number of carbonyl (C=O) groups excluding carboxylic acids is 2. The maximum absolute atomic E-state index is 12.4. The number of para-hydroxylation sites is 1. The average Bonchev–Trinajstić information content (AvgIpc) is 3.56. The Bertz CT molecular complexity index is 1150. The normalized spacial score (nSPS) is 12.8. The van der Waals surface area contributed by atoms with Crippen LogP contribution in [0.3, 0.4) is 0 Å². The van der Waals surface area contributed by atoms with Crippen LogP contribution in [0, 0.1) is 5.92 Å². The van der Waals surface area contributed by atoms with Crippen molar-refractivity contribution in [3.05, 3.63) is 48.3 Å². The van der Waals surface area contributed by atoms with Gasteiger partial charge in [0.2, 0.25) is 5.91 Å². The molecule has 3 aromatic rings. The lowest BCUT2D eigenvalue weighted by Gasteiger charge is -2.18. The number of nitrogens with one attached hydrogen (secondary N) is 3. The van der Waals surface area contributed by atoms with Crippen molar-refractivity contribution in [1.82, 2.24) is 20.1 Å². The maximum atomic E-state index is 12.4. The summed E-state index contributed by atoms with van der Waals surface area (Å²) in [7, 11) is 3.16. The van der Waals surface area contributed by atoms with Crippen LogP contribution in [0.5, 0.6) is 5.75 Å². The molecule has 3 N–H and O–H groups in total. The van der Waals surface area contributed by atoms with Gasteiger partial charge in [-0.2, -0.15) is 5.10 Å². The standard InChI is InChI=1S/C23H26N6O3/c1-4-29-19(10-11-26-29)15-6-5-7-17(21(15)32-3)27-18-12-20(28-22(30)14-8-9-14)25-13-16(18)23(31)24-2/h5-7,10-14H,4,8-9H2,1-3H3,(H,24,31)(H2,25,27,28,30). The minimum atomic E-state index is -0.292. The van der Waals surface area contributed by atoms with Gasteiger partial charge in [0.1, 0.15) is 5.82 Å². The first-order chi connectivity index (χ1) is 15.5. The lowest BCUT2D eigenvalue weighted by Crippen LogP contribution is -2.20. The molecule has 0 spiro atoms. The highest BCUT2D eigenvalue weighted by Crippen LogP contribution is 2.38. The number of anilines is 3. The Morgan fingerprint density at radius 3 is 2.72 bits per heavy atom. The maximum Gasteiger partial charge on any atom is 0.254 e. The van der Waals surface area contributed by atoms with Gasteiger partial charge in [0.25, 0.3) is 5.91 Å². The SMILES string of the molecule is CCn1nccc1-c1cccc(Nc2cc(NC(=O)C3CC3)ncc2C(=O)NC)c1OC. The number of hydrogen-bond acceptors (Lipinski definition) is 6. The molecule has 1 aliphatic rings. The zero-order valence-corrected chi connectivity index (χ0v) is 18.3. The second kappa shape index (κ2) is 9.09. The van der Waals surface area contributed by atoms with Crippen molar-refractivity contribution in [2.24, 2.45) is 5.92 Å². The molecule has 2 aromatic heterocycles. The van der Waals surface area contributed by atoms with Crippen LogP contribution >= 0.6 is 0 Å². The van der Waals surface area contributed by atoms with Gasteiger partial charge in [-0.3, -0.25) is 14.3 Å². The topological polar surface area (TPSA) is 110 Å². The molecular formula is C23H26N6O3. The van der Waals surface area contributed by atoms with Crippen LogP contribution in [0.15, 0.2) is 42.7 Å². The van der Waals surface area contributed by atoms with Gasteiger partial charge in [0.05, 0.1) is 29.7 Å². The zero-order valence-electron chi connectivity index (χ0n) is 18.3. The second-order valence-corrected chi connectivity index (χ2v) is 7.50. The van der Waals surface area contributed by atoms with E-state index < -0.39 is 0 Å². The first-order valence-corrected chi connectivity index (χ1v) is 10.5. The third-order valence-corrected chi connectivity index (χ3v) is 5.36. The van der Waals surface area contributed by atoms with E-state index in [4.69, 9.17) is 4.74 Å². The number of hydrogen-bond donors (Lipinski definition) is 3. The third kappa shape index (κ3) is 4.27. The van der Waals surface area contributed by atoms with E-state index in [1.165, 1.54) is 6.20 Å². The summed E-state index contributed by atoms with van der Waals surface area (Å²) in [6.45, 7) is 2.74. The molecule has 2 heterocycles. The molecule has 1 aromatic carbocycles. The van der Waals surface area contributed by atoms with Crippen molar-refractivity contribution in [2.75, 3.05) is 24.8 Å². The van der Waals surface area contributed by atoms with E-state index in [-0.39, 0.29) is 17.7 Å². The molecule has 166 valence electrons. The van der Waals surface area contributed by atoms with Gasteiger partial charge in [-0.05, 0) is 38.0 Å². The van der Waals surface area contributed by atoms with Crippen LogP contribution in [0.25, 0.3) is 11.3 Å². The minimum absolute atomic E-state index is 0.0482. The Balaban J connectivity index is 1.73. The Morgan fingerprint density at radius 2 is 2.03 bits per heavy atom. The average molecular weight is 435 g/mol. The molecule has 0 saturated heterocycles. The zero-order chi connectivity index (χ0) is 22.7. The number of amides is 2. The fourth-order valence-corrected chi connectivity index (χ4v) is 3.53. The second-order valence-electron chi connectivity index (χ2n) is 7.50. The number of ether oxygens (including phenoxy) is 1. The molecule has 32 heavy (non-hydrogen) atoms. The van der Waals surface area contributed by atoms with Gasteiger partial charge in [-0.25, -0.2) is 4.98 Å². The van der Waals surface area contributed by atoms with Crippen molar-refractivity contribution in [2.45, 2.75) is 26.3 Å². The fraction of sp³-hybridized carbons (Fsp3) is 0.304. The Morgan fingerprint density at radius 1 is 1.22 bits per heavy atom. The summed E-state index contributed by atoms with van der Waals surface area (Å²) >= 11 is 0. The van der Waals surface area contributed by atoms with Gasteiger partial charge < -0.3 is 20.7 Å². The highest BCUT2D eigenvalue weighted by Gasteiger charge is 2.30. The summed E-state index contributed by atoms with van der Waals surface area (Å²) in [5.41, 5.74) is 3.32. The summed E-state index contributed by atoms with van der Waals surface area (Å²) in [6.07, 6.45) is 4.99. The molecule has 9 nitrogen and oxygen atoms in total. The summed E-state index contributed by atoms with van der Waals surface area (Å²) in [5, 5.41) is 13.1. The Kier molecular flexibility index (Phi) is 6.07. The van der Waals surface area contributed by atoms with Crippen molar-refractivity contribution in [3.8, 4) is 17.0 Å². The van der Waals surface area contributed by atoms with Gasteiger partial charge in [-0.1, -0.05) is 6.07 Å². The van der Waals surface area contributed by atoms with E-state index in [9.17, 15) is 9.59 Å². The Hall–Kier alpha value is -3.88. The van der Waals surface area contributed by atoms with Crippen molar-refractivity contribution >= 4 is 29.0 Å². The quantitative estimate of drug-likeness (QED) is 0.501. The van der Waals surface area contributed by atoms with E-state index in [2.05, 4.69) is 26.0 Å². The van der Waals surface area contributed by atoms with Crippen molar-refractivity contribution < 1.29 is 14.3 Å². The number of methoxy groups -OCH3 is 1. The van der Waals surface area contributed by atoms with E-state index in [1.54, 1.807) is 26.4 Å². The predicted molar refractivity (Wildman–Crippen MR) is 122 cm³/mol. The molecule has 0 radical (unpaired) electrons. The number of aromatic nitrogens is 3. The molecule has 9 heteroatoms. The smallest absolute Gasteiger partial charge is 0.254 e. The summed E-state index contributed by atoms with van der Waals surface area (Å²) < 4.78 is 7.63. The van der Waals surface area contributed by atoms with E-state index >= 15 is 0 Å². The first-order valence-electron chi connectivity index (χ1n) is 10.5. The molecule has 4 rings (SSSR count). The largest absolute Gasteiger partial charge is 0.494 e. The fourth-order valence-electron chi connectivity index (χ4n) is 3.53. The van der Waals surface area contributed by atoms with Crippen LogP contribution < -0.4 is 20.7 Å². The van der Waals surface area contributed by atoms with E-state index in [0.717, 1.165) is 30.6 Å². The van der Waals surface area contributed by atoms with Crippen LogP contribution in [0.2, 0.25) is 0 Å². The van der Waals surface area contributed by atoms with Gasteiger partial charge in [0, 0.05) is 43.5 Å². The van der Waals surface area contributed by atoms with Crippen LogP contribution in [-0.4, -0.2) is 40.7 Å². The Labute approximate surface area is 186 Å². The third-order valence-electron chi connectivity index (χ3n) is 5.36. The molecule has 2 amide bonds. The summed E-state index contributed by atoms with van der Waals surface area (Å²) in [4.78, 5) is 28.9. The monoisotopic (exact) mass is 434 g/mol. The summed E-state index contributed by atoms with van der Waals surface area (Å²) in [5.74, 6) is 0.706. The van der Waals surface area contributed by atoms with E-state index in [1.807, 2.05) is 35.9 Å². The highest BCUT2D eigenvalue weighted by atomic mass is 16.5. The molecule has 1 aliphatic carbocycles. The van der Waals surface area contributed by atoms with Crippen LogP contribution in [-0.2, 0) is 11.3 Å². The number of benzene rings is 1. The molecule has 1 saturated carbocycles. The molecule has 1 fully saturated rings. The molecule has 0 atom stereocenters. The van der Waals surface area contributed by atoms with Crippen molar-refractivity contribution in [3.63, 3.8) is 0 Å².